The van der Waals surface area contributed by atoms with Gasteiger partial charge in [0.25, 0.3) is 0 Å². The maximum atomic E-state index is 12.0. The molecule has 0 atom stereocenters. The van der Waals surface area contributed by atoms with Crippen molar-refractivity contribution in [2.24, 2.45) is 5.73 Å². The van der Waals surface area contributed by atoms with Crippen molar-refractivity contribution in [2.75, 3.05) is 6.54 Å². The maximum Gasteiger partial charge on any atom is 0.405 e. The molecule has 0 saturated heterocycles. The number of urea groups is 1. The fraction of sp³-hybridized carbons (Fsp3) is 0.818. The van der Waals surface area contributed by atoms with E-state index in [1.165, 1.54) is 0 Å². The second-order valence-corrected chi connectivity index (χ2v) is 5.22. The zero-order chi connectivity index (χ0) is 14.5. The highest BCUT2D eigenvalue weighted by Crippen LogP contribution is 2.27. The number of alkyl halides is 3. The Kier molecular flexibility index (Phi) is 5.39. The van der Waals surface area contributed by atoms with Gasteiger partial charge in [-0.3, -0.25) is 0 Å². The van der Waals surface area contributed by atoms with E-state index in [0.29, 0.717) is 12.8 Å². The number of rotatable bonds is 3. The predicted molar refractivity (Wildman–Crippen MR) is 69.8 cm³/mol. The molecule has 0 aromatic rings. The first-order chi connectivity index (χ1) is 8.75. The average molecular weight is 297 g/mol. The van der Waals surface area contributed by atoms with Gasteiger partial charge in [0.05, 0.1) is 10.5 Å². The van der Waals surface area contributed by atoms with Gasteiger partial charge < -0.3 is 16.4 Å². The molecule has 1 saturated carbocycles. The third-order valence-corrected chi connectivity index (χ3v) is 3.62. The second kappa shape index (κ2) is 6.40. The van der Waals surface area contributed by atoms with E-state index in [1.54, 1.807) is 5.32 Å². The van der Waals surface area contributed by atoms with Crippen LogP contribution in [0.5, 0.6) is 0 Å². The van der Waals surface area contributed by atoms with Gasteiger partial charge in [-0.25, -0.2) is 4.79 Å². The molecule has 19 heavy (non-hydrogen) atoms. The van der Waals surface area contributed by atoms with Crippen LogP contribution in [0, 0.1) is 0 Å². The minimum atomic E-state index is -4.43. The molecule has 0 heterocycles. The van der Waals surface area contributed by atoms with E-state index in [-0.39, 0.29) is 4.99 Å². The first-order valence-electron chi connectivity index (χ1n) is 6.18. The van der Waals surface area contributed by atoms with E-state index in [1.807, 2.05) is 0 Å². The Hall–Kier alpha value is -1.05. The van der Waals surface area contributed by atoms with E-state index in [4.69, 9.17) is 18.0 Å². The smallest absolute Gasteiger partial charge is 0.391 e. The molecule has 8 heteroatoms. The molecule has 0 unspecified atom stereocenters. The van der Waals surface area contributed by atoms with Crippen LogP contribution in [0.15, 0.2) is 0 Å². The van der Waals surface area contributed by atoms with Gasteiger partial charge in [0.2, 0.25) is 0 Å². The number of hydrogen-bond donors (Lipinski definition) is 3. The van der Waals surface area contributed by atoms with E-state index >= 15 is 0 Å². The van der Waals surface area contributed by atoms with Crippen LogP contribution in [-0.2, 0) is 0 Å². The van der Waals surface area contributed by atoms with Crippen molar-refractivity contribution in [2.45, 2.75) is 50.2 Å². The summed E-state index contributed by atoms with van der Waals surface area (Å²) in [7, 11) is 0. The molecule has 0 spiro atoms. The van der Waals surface area contributed by atoms with Crippen molar-refractivity contribution in [3.63, 3.8) is 0 Å². The first kappa shape index (κ1) is 16.0. The molecule has 1 aliphatic rings. The third kappa shape index (κ3) is 5.22. The number of hydrogen-bond acceptors (Lipinski definition) is 2. The highest BCUT2D eigenvalue weighted by atomic mass is 32.1. The molecule has 1 rings (SSSR count). The van der Waals surface area contributed by atoms with Gasteiger partial charge in [0.15, 0.2) is 0 Å². The third-order valence-electron chi connectivity index (χ3n) is 3.23. The maximum absolute atomic E-state index is 12.0. The minimum absolute atomic E-state index is 0.136. The molecule has 0 aliphatic heterocycles. The molecule has 0 bridgehead atoms. The Morgan fingerprint density at radius 1 is 1.21 bits per heavy atom. The van der Waals surface area contributed by atoms with Crippen molar-refractivity contribution in [3.8, 4) is 0 Å². The lowest BCUT2D eigenvalue weighted by atomic mass is 9.90. The monoisotopic (exact) mass is 297 g/mol. The summed E-state index contributed by atoms with van der Waals surface area (Å²) in [5, 5.41) is 4.31. The fourth-order valence-electron chi connectivity index (χ4n) is 2.21. The SMILES string of the molecule is NC(=S)C1(NC(=O)NCC(F)(F)F)CCCCCC1. The number of nitrogens with two attached hydrogens (primary N) is 1. The summed E-state index contributed by atoms with van der Waals surface area (Å²) in [5.41, 5.74) is 4.81. The van der Waals surface area contributed by atoms with Gasteiger partial charge in [-0.05, 0) is 12.8 Å². The van der Waals surface area contributed by atoms with Gasteiger partial charge in [0, 0.05) is 0 Å². The molecule has 0 aromatic heterocycles. The number of carbonyl (C=O) groups excluding carboxylic acids is 1. The zero-order valence-corrected chi connectivity index (χ0v) is 11.3. The Bertz CT molecular complexity index is 339. The van der Waals surface area contributed by atoms with Crippen molar-refractivity contribution in [1.29, 1.82) is 0 Å². The lowest BCUT2D eigenvalue weighted by molar-refractivity contribution is -0.122. The molecular weight excluding hydrogens is 279 g/mol. The van der Waals surface area contributed by atoms with Gasteiger partial charge in [-0.2, -0.15) is 13.2 Å². The van der Waals surface area contributed by atoms with E-state index in [9.17, 15) is 18.0 Å². The van der Waals surface area contributed by atoms with Crippen molar-refractivity contribution in [1.82, 2.24) is 10.6 Å². The fourth-order valence-corrected chi connectivity index (χ4v) is 2.46. The molecule has 110 valence electrons. The minimum Gasteiger partial charge on any atom is -0.391 e. The van der Waals surface area contributed by atoms with Crippen LogP contribution in [0.2, 0.25) is 0 Å². The van der Waals surface area contributed by atoms with Gasteiger partial charge in [0.1, 0.15) is 6.54 Å². The lowest BCUT2D eigenvalue weighted by Crippen LogP contribution is -2.59. The summed E-state index contributed by atoms with van der Waals surface area (Å²) in [6, 6.07) is -0.882. The van der Waals surface area contributed by atoms with Crippen molar-refractivity contribution < 1.29 is 18.0 Å². The summed E-state index contributed by atoms with van der Waals surface area (Å²) in [6.07, 6.45) is 0.418. The number of thiocarbonyl (C=S) groups is 1. The van der Waals surface area contributed by atoms with Crippen LogP contribution in [-0.4, -0.2) is 29.3 Å². The van der Waals surface area contributed by atoms with Crippen LogP contribution in [0.25, 0.3) is 0 Å². The lowest BCUT2D eigenvalue weighted by Gasteiger charge is -2.32. The highest BCUT2D eigenvalue weighted by Gasteiger charge is 2.36. The van der Waals surface area contributed by atoms with Gasteiger partial charge in [-0.1, -0.05) is 37.9 Å². The van der Waals surface area contributed by atoms with E-state index < -0.39 is 24.3 Å². The van der Waals surface area contributed by atoms with Gasteiger partial charge in [-0.15, -0.1) is 0 Å². The molecule has 4 nitrogen and oxygen atoms in total. The number of halogens is 3. The molecule has 4 N–H and O–H groups in total. The summed E-state index contributed by atoms with van der Waals surface area (Å²) < 4.78 is 36.1. The Morgan fingerprint density at radius 2 is 1.74 bits per heavy atom. The standard InChI is InChI=1S/C11H18F3N3OS/c12-11(13,14)7-16-9(18)17-10(8(15)19)5-3-1-2-4-6-10/h1-7H2,(H2,15,19)(H2,16,17,18). The van der Waals surface area contributed by atoms with Crippen LogP contribution in [0.4, 0.5) is 18.0 Å². The number of nitrogens with one attached hydrogen (secondary N) is 2. The molecular formula is C11H18F3N3OS. The van der Waals surface area contributed by atoms with E-state index in [2.05, 4.69) is 5.32 Å². The van der Waals surface area contributed by atoms with Crippen molar-refractivity contribution >= 4 is 23.2 Å². The number of carbonyl (C=O) groups is 1. The molecule has 0 aromatic carbocycles. The Labute approximate surface area is 115 Å². The van der Waals surface area contributed by atoms with E-state index in [0.717, 1.165) is 25.7 Å². The largest absolute Gasteiger partial charge is 0.405 e. The molecule has 2 amide bonds. The zero-order valence-electron chi connectivity index (χ0n) is 10.5. The first-order valence-corrected chi connectivity index (χ1v) is 6.59. The van der Waals surface area contributed by atoms with Crippen molar-refractivity contribution in [3.05, 3.63) is 0 Å². The van der Waals surface area contributed by atoms with Crippen LogP contribution in [0.3, 0.4) is 0 Å². The summed E-state index contributed by atoms with van der Waals surface area (Å²) in [4.78, 5) is 11.7. The second-order valence-electron chi connectivity index (χ2n) is 4.78. The Morgan fingerprint density at radius 3 is 2.16 bits per heavy atom. The van der Waals surface area contributed by atoms with Gasteiger partial charge >= 0.3 is 12.2 Å². The number of amides is 2. The normalized spacial score (nSPS) is 19.3. The highest BCUT2D eigenvalue weighted by molar-refractivity contribution is 7.80. The van der Waals surface area contributed by atoms with Crippen LogP contribution >= 0.6 is 12.2 Å². The van der Waals surface area contributed by atoms with Crippen LogP contribution in [0.1, 0.15) is 38.5 Å². The molecule has 0 radical (unpaired) electrons. The molecule has 1 aliphatic carbocycles. The topological polar surface area (TPSA) is 67.1 Å². The predicted octanol–water partition coefficient (Wildman–Crippen LogP) is 2.23. The average Bonchev–Trinajstić information content (AvgIpc) is 2.52. The summed E-state index contributed by atoms with van der Waals surface area (Å²) >= 11 is 4.98. The summed E-state index contributed by atoms with van der Waals surface area (Å²) in [5.74, 6) is 0. The quantitative estimate of drug-likeness (QED) is 0.553. The van der Waals surface area contributed by atoms with Crippen LogP contribution < -0.4 is 16.4 Å². The summed E-state index contributed by atoms with van der Waals surface area (Å²) in [6.45, 7) is -1.37. The Balaban J connectivity index is 2.62. The molecule has 1 fully saturated rings.